The highest BCUT2D eigenvalue weighted by molar-refractivity contribution is 5.85. The second kappa shape index (κ2) is 9.62. The fraction of sp³-hybridized carbons (Fsp3) is 0.938. The Bertz CT molecular complexity index is 280. The number of nitrogens with two attached hydrogens (primary N) is 1. The van der Waals surface area contributed by atoms with Gasteiger partial charge in [0.25, 0.3) is 0 Å². The molecule has 2 aliphatic rings. The zero-order valence-electron chi connectivity index (χ0n) is 12.6. The minimum atomic E-state index is 0. The van der Waals surface area contributed by atoms with Gasteiger partial charge in [0.15, 0.2) is 0 Å². The molecule has 2 fully saturated rings. The van der Waals surface area contributed by atoms with Crippen LogP contribution >= 0.6 is 12.4 Å². The van der Waals surface area contributed by atoms with Crippen LogP contribution in [0.5, 0.6) is 0 Å². The molecule has 0 heterocycles. The molecule has 0 spiro atoms. The molecule has 3 nitrogen and oxygen atoms in total. The van der Waals surface area contributed by atoms with Crippen LogP contribution in [-0.4, -0.2) is 18.5 Å². The first-order valence-corrected chi connectivity index (χ1v) is 8.29. The van der Waals surface area contributed by atoms with Gasteiger partial charge in [-0.25, -0.2) is 0 Å². The summed E-state index contributed by atoms with van der Waals surface area (Å²) in [5.74, 6) is 1.66. The molecule has 118 valence electrons. The average Bonchev–Trinajstić information content (AvgIpc) is 2.87. The minimum absolute atomic E-state index is 0. The van der Waals surface area contributed by atoms with Crippen LogP contribution in [0.1, 0.15) is 70.6 Å². The lowest BCUT2D eigenvalue weighted by molar-refractivity contribution is -0.122. The molecule has 4 heteroatoms. The zero-order valence-corrected chi connectivity index (χ0v) is 13.4. The van der Waals surface area contributed by atoms with Gasteiger partial charge < -0.3 is 11.1 Å². The highest BCUT2D eigenvalue weighted by Gasteiger charge is 2.27. The molecule has 0 aromatic heterocycles. The van der Waals surface area contributed by atoms with Gasteiger partial charge in [0.05, 0.1) is 0 Å². The number of carbonyl (C=O) groups is 1. The summed E-state index contributed by atoms with van der Waals surface area (Å²) in [6.45, 7) is 0.715. The maximum atomic E-state index is 12.0. The SMILES string of the molecule is Cl.NCC1CCCC1NC(=O)CCCC1CCCCC1. The maximum Gasteiger partial charge on any atom is 0.220 e. The van der Waals surface area contributed by atoms with Gasteiger partial charge in [-0.1, -0.05) is 38.5 Å². The van der Waals surface area contributed by atoms with E-state index in [-0.39, 0.29) is 18.3 Å². The Morgan fingerprint density at radius 3 is 2.50 bits per heavy atom. The summed E-state index contributed by atoms with van der Waals surface area (Å²) in [5.41, 5.74) is 5.75. The monoisotopic (exact) mass is 302 g/mol. The van der Waals surface area contributed by atoms with E-state index < -0.39 is 0 Å². The van der Waals surface area contributed by atoms with Gasteiger partial charge in [0, 0.05) is 12.5 Å². The summed E-state index contributed by atoms with van der Waals surface area (Å²) >= 11 is 0. The van der Waals surface area contributed by atoms with Gasteiger partial charge in [0.2, 0.25) is 5.91 Å². The molecule has 2 atom stereocenters. The number of hydrogen-bond acceptors (Lipinski definition) is 2. The lowest BCUT2D eigenvalue weighted by atomic mass is 9.86. The summed E-state index contributed by atoms with van der Waals surface area (Å²) in [7, 11) is 0. The third-order valence-corrected chi connectivity index (χ3v) is 5.05. The molecule has 2 unspecified atom stereocenters. The van der Waals surface area contributed by atoms with Crippen LogP contribution in [0.25, 0.3) is 0 Å². The predicted octanol–water partition coefficient (Wildman–Crippen LogP) is 3.40. The first kappa shape index (κ1) is 17.8. The summed E-state index contributed by atoms with van der Waals surface area (Å²) in [6.07, 6.45) is 13.5. The Balaban J connectivity index is 0.00000200. The molecule has 2 aliphatic carbocycles. The number of carbonyl (C=O) groups excluding carboxylic acids is 1. The molecule has 3 N–H and O–H groups in total. The number of hydrogen-bond donors (Lipinski definition) is 2. The lowest BCUT2D eigenvalue weighted by Gasteiger charge is -2.22. The highest BCUT2D eigenvalue weighted by atomic mass is 35.5. The largest absolute Gasteiger partial charge is 0.353 e. The van der Waals surface area contributed by atoms with Crippen molar-refractivity contribution in [1.29, 1.82) is 0 Å². The maximum absolute atomic E-state index is 12.0. The zero-order chi connectivity index (χ0) is 13.5. The minimum Gasteiger partial charge on any atom is -0.353 e. The molecule has 0 saturated heterocycles. The van der Waals surface area contributed by atoms with Crippen LogP contribution in [0, 0.1) is 11.8 Å². The second-order valence-corrected chi connectivity index (χ2v) is 6.50. The van der Waals surface area contributed by atoms with E-state index in [1.165, 1.54) is 51.4 Å². The Hall–Kier alpha value is -0.280. The van der Waals surface area contributed by atoms with Gasteiger partial charge in [-0.15, -0.1) is 12.4 Å². The van der Waals surface area contributed by atoms with Crippen molar-refractivity contribution < 1.29 is 4.79 Å². The van der Waals surface area contributed by atoms with Crippen molar-refractivity contribution in [3.8, 4) is 0 Å². The normalized spacial score (nSPS) is 27.1. The standard InChI is InChI=1S/C16H30N2O.ClH/c17-12-14-9-5-10-15(14)18-16(19)11-4-8-13-6-2-1-3-7-13;/h13-15H,1-12,17H2,(H,18,19);1H. The van der Waals surface area contributed by atoms with Crippen LogP contribution in [-0.2, 0) is 4.79 Å². The van der Waals surface area contributed by atoms with Crippen molar-refractivity contribution in [2.45, 2.75) is 76.7 Å². The van der Waals surface area contributed by atoms with Crippen molar-refractivity contribution in [3.63, 3.8) is 0 Å². The van der Waals surface area contributed by atoms with E-state index in [4.69, 9.17) is 5.73 Å². The van der Waals surface area contributed by atoms with Crippen molar-refractivity contribution in [3.05, 3.63) is 0 Å². The quantitative estimate of drug-likeness (QED) is 0.790. The third kappa shape index (κ3) is 5.61. The van der Waals surface area contributed by atoms with Crippen LogP contribution in [0.15, 0.2) is 0 Å². The molecule has 1 amide bonds. The molecule has 0 radical (unpaired) electrons. The highest BCUT2D eigenvalue weighted by Crippen LogP contribution is 2.28. The third-order valence-electron chi connectivity index (χ3n) is 5.05. The molecule has 0 aromatic carbocycles. The summed E-state index contributed by atoms with van der Waals surface area (Å²) in [4.78, 5) is 12.0. The lowest BCUT2D eigenvalue weighted by Crippen LogP contribution is -2.39. The van der Waals surface area contributed by atoms with Gasteiger partial charge >= 0.3 is 0 Å². The van der Waals surface area contributed by atoms with Crippen molar-refractivity contribution in [1.82, 2.24) is 5.32 Å². The fourth-order valence-electron chi connectivity index (χ4n) is 3.82. The summed E-state index contributed by atoms with van der Waals surface area (Å²) in [6, 6.07) is 0.354. The van der Waals surface area contributed by atoms with Gasteiger partial charge in [-0.3, -0.25) is 4.79 Å². The number of halogens is 1. The number of nitrogens with one attached hydrogen (secondary N) is 1. The van der Waals surface area contributed by atoms with Gasteiger partial charge in [-0.2, -0.15) is 0 Å². The van der Waals surface area contributed by atoms with Crippen LogP contribution in [0.3, 0.4) is 0 Å². The molecule has 0 bridgehead atoms. The average molecular weight is 303 g/mol. The van der Waals surface area contributed by atoms with E-state index in [9.17, 15) is 4.79 Å². The molecule has 2 saturated carbocycles. The number of amides is 1. The van der Waals surface area contributed by atoms with Gasteiger partial charge in [-0.05, 0) is 44.1 Å². The summed E-state index contributed by atoms with van der Waals surface area (Å²) in [5, 5.41) is 3.20. The molecule has 20 heavy (non-hydrogen) atoms. The molecule has 0 aliphatic heterocycles. The number of rotatable bonds is 6. The van der Waals surface area contributed by atoms with E-state index in [1.54, 1.807) is 0 Å². The predicted molar refractivity (Wildman–Crippen MR) is 86.0 cm³/mol. The van der Waals surface area contributed by atoms with E-state index in [0.717, 1.165) is 18.8 Å². The molecular formula is C16H31ClN2O. The van der Waals surface area contributed by atoms with Crippen LogP contribution in [0.4, 0.5) is 0 Å². The topological polar surface area (TPSA) is 55.1 Å². The first-order chi connectivity index (χ1) is 9.29. The Morgan fingerprint density at radius 2 is 1.80 bits per heavy atom. The summed E-state index contributed by atoms with van der Waals surface area (Å²) < 4.78 is 0. The fourth-order valence-corrected chi connectivity index (χ4v) is 3.82. The Morgan fingerprint density at radius 1 is 1.05 bits per heavy atom. The van der Waals surface area contributed by atoms with Gasteiger partial charge in [0.1, 0.15) is 0 Å². The van der Waals surface area contributed by atoms with Crippen molar-refractivity contribution in [2.75, 3.05) is 6.54 Å². The van der Waals surface area contributed by atoms with E-state index in [1.807, 2.05) is 0 Å². The Kier molecular flexibility index (Phi) is 8.55. The Labute approximate surface area is 129 Å². The smallest absolute Gasteiger partial charge is 0.220 e. The van der Waals surface area contributed by atoms with Crippen LogP contribution < -0.4 is 11.1 Å². The van der Waals surface area contributed by atoms with E-state index >= 15 is 0 Å². The van der Waals surface area contributed by atoms with Crippen molar-refractivity contribution >= 4 is 18.3 Å². The van der Waals surface area contributed by atoms with E-state index in [0.29, 0.717) is 24.9 Å². The molecule has 0 aromatic rings. The molecular weight excluding hydrogens is 272 g/mol. The van der Waals surface area contributed by atoms with Crippen molar-refractivity contribution in [2.24, 2.45) is 17.6 Å². The second-order valence-electron chi connectivity index (χ2n) is 6.50. The first-order valence-electron chi connectivity index (χ1n) is 8.29. The molecule has 2 rings (SSSR count). The van der Waals surface area contributed by atoms with Crippen LogP contribution in [0.2, 0.25) is 0 Å². The van der Waals surface area contributed by atoms with E-state index in [2.05, 4.69) is 5.32 Å².